The second-order valence-electron chi connectivity index (χ2n) is 4.53. The minimum Gasteiger partial charge on any atom is -0.387 e. The second-order valence-corrected chi connectivity index (χ2v) is 5.36. The summed E-state index contributed by atoms with van der Waals surface area (Å²) in [6, 6.07) is 0. The predicted molar refractivity (Wildman–Crippen MR) is 71.5 cm³/mol. The smallest absolute Gasteiger partial charge is 0.145 e. The van der Waals surface area contributed by atoms with Gasteiger partial charge in [0.25, 0.3) is 0 Å². The van der Waals surface area contributed by atoms with Crippen LogP contribution in [-0.2, 0) is 0 Å². The lowest BCUT2D eigenvalue weighted by Crippen LogP contribution is -2.43. The van der Waals surface area contributed by atoms with Crippen molar-refractivity contribution < 1.29 is 5.11 Å². The normalized spacial score (nSPS) is 14.7. The minimum atomic E-state index is -0.791. The molecule has 0 spiro atoms. The van der Waals surface area contributed by atoms with E-state index < -0.39 is 5.60 Å². The van der Waals surface area contributed by atoms with Crippen LogP contribution in [0.5, 0.6) is 0 Å². The van der Waals surface area contributed by atoms with Gasteiger partial charge < -0.3 is 15.3 Å². The van der Waals surface area contributed by atoms with Gasteiger partial charge in [-0.2, -0.15) is 0 Å². The van der Waals surface area contributed by atoms with E-state index in [0.29, 0.717) is 18.9 Å². The Labute approximate surface area is 107 Å². The van der Waals surface area contributed by atoms with Crippen molar-refractivity contribution in [3.8, 4) is 0 Å². The van der Waals surface area contributed by atoms with Gasteiger partial charge >= 0.3 is 0 Å². The van der Waals surface area contributed by atoms with Crippen molar-refractivity contribution in [2.75, 3.05) is 38.8 Å². The molecule has 1 atom stereocenters. The van der Waals surface area contributed by atoms with Crippen LogP contribution < -0.4 is 5.32 Å². The van der Waals surface area contributed by atoms with Crippen LogP contribution in [0.25, 0.3) is 0 Å². The van der Waals surface area contributed by atoms with Crippen LogP contribution in [0.4, 0.5) is 5.82 Å². The molecule has 1 unspecified atom stereocenters. The average molecular weight is 256 g/mol. The number of aliphatic hydroxyl groups is 1. The Balaban J connectivity index is 2.54. The molecule has 0 aliphatic carbocycles. The standard InChI is InChI=1S/C11H20N4OS/c1-11(16,8-15(2)3)7-13-9-5-12-6-10(14-9)17-4/h5-6,16H,7-8H2,1-4H3,(H,13,14). The summed E-state index contributed by atoms with van der Waals surface area (Å²) in [5, 5.41) is 14.1. The molecule has 1 aromatic heterocycles. The maximum Gasteiger partial charge on any atom is 0.145 e. The van der Waals surface area contributed by atoms with E-state index in [0.717, 1.165) is 5.03 Å². The molecule has 0 aliphatic heterocycles. The first-order valence-electron chi connectivity index (χ1n) is 5.40. The maximum atomic E-state index is 10.1. The number of nitrogens with one attached hydrogen (secondary N) is 1. The molecule has 96 valence electrons. The molecular weight excluding hydrogens is 236 g/mol. The van der Waals surface area contributed by atoms with E-state index in [4.69, 9.17) is 0 Å². The van der Waals surface area contributed by atoms with Crippen LogP contribution in [0.2, 0.25) is 0 Å². The zero-order valence-electron chi connectivity index (χ0n) is 10.8. The number of anilines is 1. The average Bonchev–Trinajstić information content (AvgIpc) is 2.25. The van der Waals surface area contributed by atoms with Crippen molar-refractivity contribution in [3.63, 3.8) is 0 Å². The number of thioether (sulfide) groups is 1. The van der Waals surface area contributed by atoms with Crippen LogP contribution in [0.3, 0.4) is 0 Å². The fourth-order valence-electron chi connectivity index (χ4n) is 1.55. The fraction of sp³-hybridized carbons (Fsp3) is 0.636. The van der Waals surface area contributed by atoms with Crippen molar-refractivity contribution in [1.29, 1.82) is 0 Å². The third-order valence-corrected chi connectivity index (χ3v) is 2.74. The number of nitrogens with zero attached hydrogens (tertiary/aromatic N) is 3. The first kappa shape index (κ1) is 14.2. The number of aromatic nitrogens is 2. The molecule has 0 radical (unpaired) electrons. The number of hydrogen-bond acceptors (Lipinski definition) is 6. The first-order chi connectivity index (χ1) is 7.93. The van der Waals surface area contributed by atoms with Crippen molar-refractivity contribution in [2.24, 2.45) is 0 Å². The summed E-state index contributed by atoms with van der Waals surface area (Å²) in [7, 11) is 3.87. The van der Waals surface area contributed by atoms with Gasteiger partial charge in [-0.15, -0.1) is 11.8 Å². The van der Waals surface area contributed by atoms with E-state index in [-0.39, 0.29) is 0 Å². The van der Waals surface area contributed by atoms with Gasteiger partial charge in [0.15, 0.2) is 0 Å². The third-order valence-electron chi connectivity index (χ3n) is 2.13. The molecule has 0 saturated carbocycles. The molecule has 0 saturated heterocycles. The number of rotatable bonds is 6. The summed E-state index contributed by atoms with van der Waals surface area (Å²) in [4.78, 5) is 10.4. The van der Waals surface area contributed by atoms with E-state index >= 15 is 0 Å². The Morgan fingerprint density at radius 1 is 1.47 bits per heavy atom. The van der Waals surface area contributed by atoms with Crippen LogP contribution >= 0.6 is 11.8 Å². The predicted octanol–water partition coefficient (Wildman–Crippen LogP) is 0.923. The van der Waals surface area contributed by atoms with E-state index in [1.807, 2.05) is 25.3 Å². The summed E-state index contributed by atoms with van der Waals surface area (Å²) in [5.41, 5.74) is -0.791. The zero-order valence-corrected chi connectivity index (χ0v) is 11.6. The molecule has 0 bridgehead atoms. The van der Waals surface area contributed by atoms with Gasteiger partial charge in [0, 0.05) is 13.1 Å². The van der Waals surface area contributed by atoms with Crippen LogP contribution in [0.1, 0.15) is 6.92 Å². The van der Waals surface area contributed by atoms with Crippen LogP contribution in [-0.4, -0.2) is 59.0 Å². The molecule has 2 N–H and O–H groups in total. The summed E-state index contributed by atoms with van der Waals surface area (Å²) < 4.78 is 0. The van der Waals surface area contributed by atoms with E-state index in [1.54, 1.807) is 31.1 Å². The summed E-state index contributed by atoms with van der Waals surface area (Å²) in [6.07, 6.45) is 5.33. The molecule has 1 rings (SSSR count). The maximum absolute atomic E-state index is 10.1. The van der Waals surface area contributed by atoms with Crippen LogP contribution in [0, 0.1) is 0 Å². The lowest BCUT2D eigenvalue weighted by atomic mass is 10.1. The zero-order chi connectivity index (χ0) is 12.9. The van der Waals surface area contributed by atoms with E-state index in [2.05, 4.69) is 15.3 Å². The first-order valence-corrected chi connectivity index (χ1v) is 6.62. The Morgan fingerprint density at radius 2 is 2.18 bits per heavy atom. The largest absolute Gasteiger partial charge is 0.387 e. The fourth-order valence-corrected chi connectivity index (χ4v) is 1.91. The van der Waals surface area contributed by atoms with Crippen molar-refractivity contribution in [2.45, 2.75) is 17.6 Å². The summed E-state index contributed by atoms with van der Waals surface area (Å²) in [5.74, 6) is 0.691. The highest BCUT2D eigenvalue weighted by atomic mass is 32.2. The highest BCUT2D eigenvalue weighted by molar-refractivity contribution is 7.98. The van der Waals surface area contributed by atoms with Gasteiger partial charge in [-0.25, -0.2) is 4.98 Å². The second kappa shape index (κ2) is 6.18. The molecule has 0 amide bonds. The molecule has 17 heavy (non-hydrogen) atoms. The SMILES string of the molecule is CSc1cncc(NCC(C)(O)CN(C)C)n1. The monoisotopic (exact) mass is 256 g/mol. The third kappa shape index (κ3) is 5.34. The molecule has 0 aromatic carbocycles. The number of likely N-dealkylation sites (N-methyl/N-ethyl adjacent to an activating group) is 1. The summed E-state index contributed by atoms with van der Waals surface area (Å²) >= 11 is 1.54. The van der Waals surface area contributed by atoms with Crippen molar-refractivity contribution >= 4 is 17.6 Å². The molecule has 1 aromatic rings. The minimum absolute atomic E-state index is 0.442. The topological polar surface area (TPSA) is 61.3 Å². The lowest BCUT2D eigenvalue weighted by molar-refractivity contribution is 0.0459. The molecule has 0 fully saturated rings. The molecule has 5 nitrogen and oxygen atoms in total. The van der Waals surface area contributed by atoms with E-state index in [1.165, 1.54) is 0 Å². The lowest BCUT2D eigenvalue weighted by Gasteiger charge is -2.27. The molecular formula is C11H20N4OS. The van der Waals surface area contributed by atoms with Gasteiger partial charge in [0.05, 0.1) is 18.0 Å². The van der Waals surface area contributed by atoms with Crippen molar-refractivity contribution in [1.82, 2.24) is 14.9 Å². The highest BCUT2D eigenvalue weighted by Crippen LogP contribution is 2.13. The Bertz CT molecular complexity index is 357. The Kier molecular flexibility index (Phi) is 5.17. The molecule has 1 heterocycles. The molecule has 0 aliphatic rings. The highest BCUT2D eigenvalue weighted by Gasteiger charge is 2.21. The van der Waals surface area contributed by atoms with Gasteiger partial charge in [0.1, 0.15) is 10.8 Å². The Morgan fingerprint density at radius 3 is 2.76 bits per heavy atom. The van der Waals surface area contributed by atoms with E-state index in [9.17, 15) is 5.11 Å². The van der Waals surface area contributed by atoms with Gasteiger partial charge in [-0.1, -0.05) is 0 Å². The van der Waals surface area contributed by atoms with Crippen molar-refractivity contribution in [3.05, 3.63) is 12.4 Å². The van der Waals surface area contributed by atoms with Gasteiger partial charge in [0.2, 0.25) is 0 Å². The van der Waals surface area contributed by atoms with Gasteiger partial charge in [-0.3, -0.25) is 4.98 Å². The summed E-state index contributed by atoms with van der Waals surface area (Å²) in [6.45, 7) is 2.83. The van der Waals surface area contributed by atoms with Gasteiger partial charge in [-0.05, 0) is 27.3 Å². The van der Waals surface area contributed by atoms with Crippen LogP contribution in [0.15, 0.2) is 17.4 Å². The quantitative estimate of drug-likeness (QED) is 0.738. The number of hydrogen-bond donors (Lipinski definition) is 2. The Hall–Kier alpha value is -0.850. The molecule has 6 heteroatoms.